The first-order valence-corrected chi connectivity index (χ1v) is 10.3. The van der Waals surface area contributed by atoms with Gasteiger partial charge < -0.3 is 25.2 Å². The van der Waals surface area contributed by atoms with Gasteiger partial charge in [-0.1, -0.05) is 18.2 Å². The summed E-state index contributed by atoms with van der Waals surface area (Å²) in [4.78, 5) is 31.3. The fourth-order valence-electron chi connectivity index (χ4n) is 3.14. The highest BCUT2D eigenvalue weighted by Crippen LogP contribution is 2.35. The van der Waals surface area contributed by atoms with Crippen molar-refractivity contribution >= 4 is 40.0 Å². The highest BCUT2D eigenvalue weighted by atomic mass is 19.4. The highest BCUT2D eigenvalue weighted by molar-refractivity contribution is 6.04. The molecule has 36 heavy (non-hydrogen) atoms. The van der Waals surface area contributed by atoms with Crippen molar-refractivity contribution in [1.29, 1.82) is 0 Å². The number of methoxy groups -OCH3 is 1. The number of phenols is 1. The molecule has 1 amide bonds. The molecule has 3 N–H and O–H groups in total. The second-order valence-electron chi connectivity index (χ2n) is 7.31. The van der Waals surface area contributed by atoms with E-state index in [1.165, 1.54) is 13.2 Å². The van der Waals surface area contributed by atoms with E-state index in [0.29, 0.717) is 16.9 Å². The lowest BCUT2D eigenvalue weighted by Crippen LogP contribution is -2.28. The van der Waals surface area contributed by atoms with Crippen LogP contribution >= 0.6 is 0 Å². The zero-order chi connectivity index (χ0) is 25.9. The molecule has 4 aromatic rings. The first-order valence-electron chi connectivity index (χ1n) is 10.3. The van der Waals surface area contributed by atoms with Crippen LogP contribution in [0.5, 0.6) is 17.5 Å². The van der Waals surface area contributed by atoms with E-state index in [1.807, 2.05) is 0 Å². The minimum Gasteiger partial charge on any atom is -0.504 e. The van der Waals surface area contributed by atoms with Gasteiger partial charge in [-0.2, -0.15) is 23.1 Å². The fourth-order valence-corrected chi connectivity index (χ4v) is 3.14. The molecular weight excluding hydrogens is 481 g/mol. The maximum Gasteiger partial charge on any atom is 0.491 e. The van der Waals surface area contributed by atoms with Crippen molar-refractivity contribution in [3.05, 3.63) is 72.3 Å². The van der Waals surface area contributed by atoms with E-state index in [-0.39, 0.29) is 34.1 Å². The van der Waals surface area contributed by atoms with E-state index < -0.39 is 18.2 Å². The third kappa shape index (κ3) is 5.43. The van der Waals surface area contributed by atoms with Crippen molar-refractivity contribution in [2.75, 3.05) is 17.7 Å². The van der Waals surface area contributed by atoms with Crippen molar-refractivity contribution in [3.8, 4) is 17.5 Å². The van der Waals surface area contributed by atoms with Crippen LogP contribution in [0.15, 0.2) is 66.7 Å². The number of amides is 1. The largest absolute Gasteiger partial charge is 0.504 e. The van der Waals surface area contributed by atoms with Gasteiger partial charge in [0.1, 0.15) is 5.82 Å². The summed E-state index contributed by atoms with van der Waals surface area (Å²) in [5.74, 6) is -3.09. The molecule has 0 atom stereocenters. The molecule has 12 heteroatoms. The summed E-state index contributed by atoms with van der Waals surface area (Å²) in [5, 5.41) is 16.0. The monoisotopic (exact) mass is 498 g/mol. The van der Waals surface area contributed by atoms with Crippen LogP contribution < -0.4 is 20.1 Å². The number of hydrogen-bond donors (Lipinski definition) is 3. The number of hydrogen-bond acceptors (Lipinski definition) is 8. The Labute approximate surface area is 201 Å². The van der Waals surface area contributed by atoms with Crippen LogP contribution in [0.25, 0.3) is 10.9 Å². The van der Waals surface area contributed by atoms with Gasteiger partial charge in [0.2, 0.25) is 0 Å². The minimum absolute atomic E-state index is 0.0116. The van der Waals surface area contributed by atoms with Crippen LogP contribution in [0, 0.1) is 0 Å². The molecule has 9 nitrogen and oxygen atoms in total. The minimum atomic E-state index is -5.26. The Morgan fingerprint density at radius 2 is 1.61 bits per heavy atom. The number of nitrogens with zero attached hydrogens (tertiary/aromatic N) is 2. The summed E-state index contributed by atoms with van der Waals surface area (Å²) in [6, 6.07) is 16.6. The molecule has 184 valence electrons. The maximum atomic E-state index is 12.7. The summed E-state index contributed by atoms with van der Waals surface area (Å²) in [5.41, 5.74) is 1.40. The molecule has 0 unspecified atom stereocenters. The molecule has 1 aromatic heterocycles. The number of ether oxygens (including phenoxy) is 2. The van der Waals surface area contributed by atoms with Gasteiger partial charge in [0.05, 0.1) is 12.6 Å². The summed E-state index contributed by atoms with van der Waals surface area (Å²) < 4.78 is 47.3. The van der Waals surface area contributed by atoms with Gasteiger partial charge in [0.25, 0.3) is 5.91 Å². The molecule has 4 rings (SSSR count). The van der Waals surface area contributed by atoms with Crippen molar-refractivity contribution in [2.45, 2.75) is 6.18 Å². The summed E-state index contributed by atoms with van der Waals surface area (Å²) in [6.45, 7) is 0. The number of anilines is 3. The van der Waals surface area contributed by atoms with E-state index in [1.54, 1.807) is 54.6 Å². The van der Waals surface area contributed by atoms with Crippen molar-refractivity contribution < 1.29 is 37.3 Å². The molecule has 0 saturated carbocycles. The number of carbonyl (C=O) groups excluding carboxylic acids is 2. The third-order valence-corrected chi connectivity index (χ3v) is 4.83. The molecule has 0 fully saturated rings. The second-order valence-corrected chi connectivity index (χ2v) is 7.31. The van der Waals surface area contributed by atoms with Gasteiger partial charge in [0.15, 0.2) is 11.5 Å². The van der Waals surface area contributed by atoms with E-state index >= 15 is 0 Å². The Balaban J connectivity index is 1.63. The van der Waals surface area contributed by atoms with Crippen LogP contribution in [-0.2, 0) is 4.79 Å². The zero-order valence-corrected chi connectivity index (χ0v) is 18.5. The number of aromatic hydroxyl groups is 1. The van der Waals surface area contributed by atoms with E-state index in [9.17, 15) is 27.9 Å². The Morgan fingerprint density at radius 3 is 2.25 bits per heavy atom. The normalized spacial score (nSPS) is 11.1. The molecule has 0 aliphatic rings. The standard InChI is InChI=1S/C24H17F3N4O5/c1-35-19-11-16-17(12-18(19)32)30-23(36-22(34)24(25,26)27)31-20(16)28-14-7-9-15(10-8-14)29-21(33)13-5-3-2-4-6-13/h2-12,32H,1H3,(H,29,33)(H,28,30,31). The molecule has 0 aliphatic heterocycles. The van der Waals surface area contributed by atoms with Crippen LogP contribution in [0.2, 0.25) is 0 Å². The fraction of sp³-hybridized carbons (Fsp3) is 0.0833. The lowest BCUT2D eigenvalue weighted by Gasteiger charge is -2.13. The number of aromatic nitrogens is 2. The number of alkyl halides is 3. The van der Waals surface area contributed by atoms with Crippen molar-refractivity contribution in [2.24, 2.45) is 0 Å². The highest BCUT2D eigenvalue weighted by Gasteiger charge is 2.42. The van der Waals surface area contributed by atoms with Crippen LogP contribution in [0.3, 0.4) is 0 Å². The Bertz CT molecular complexity index is 1430. The van der Waals surface area contributed by atoms with Gasteiger partial charge in [-0.25, -0.2) is 4.79 Å². The SMILES string of the molecule is COc1cc2c(Nc3ccc(NC(=O)c4ccccc4)cc3)nc(OC(=O)C(F)(F)F)nc2cc1O. The topological polar surface area (TPSA) is 123 Å². The average molecular weight is 498 g/mol. The average Bonchev–Trinajstić information content (AvgIpc) is 2.84. The quantitative estimate of drug-likeness (QED) is 0.324. The van der Waals surface area contributed by atoms with E-state index in [4.69, 9.17) is 4.74 Å². The maximum absolute atomic E-state index is 12.7. The number of nitrogens with one attached hydrogen (secondary N) is 2. The number of esters is 1. The third-order valence-electron chi connectivity index (χ3n) is 4.83. The first-order chi connectivity index (χ1) is 17.1. The van der Waals surface area contributed by atoms with Crippen molar-refractivity contribution in [1.82, 2.24) is 9.97 Å². The van der Waals surface area contributed by atoms with Gasteiger partial charge in [0, 0.05) is 28.4 Å². The molecule has 0 bridgehead atoms. The van der Waals surface area contributed by atoms with Crippen molar-refractivity contribution in [3.63, 3.8) is 0 Å². The first kappa shape index (κ1) is 24.3. The van der Waals surface area contributed by atoms with Crippen LogP contribution in [0.4, 0.5) is 30.4 Å². The zero-order valence-electron chi connectivity index (χ0n) is 18.5. The van der Waals surface area contributed by atoms with Gasteiger partial charge in [-0.15, -0.1) is 0 Å². The molecule has 1 heterocycles. The number of benzene rings is 3. The number of rotatable bonds is 6. The van der Waals surface area contributed by atoms with Crippen LogP contribution in [-0.4, -0.2) is 40.2 Å². The lowest BCUT2D eigenvalue weighted by atomic mass is 10.2. The predicted octanol–water partition coefficient (Wildman–Crippen LogP) is 4.81. The lowest BCUT2D eigenvalue weighted by molar-refractivity contribution is -0.190. The van der Waals surface area contributed by atoms with E-state index in [0.717, 1.165) is 6.07 Å². The molecule has 0 saturated heterocycles. The van der Waals surface area contributed by atoms with Gasteiger partial charge >= 0.3 is 18.2 Å². The second kappa shape index (κ2) is 9.78. The summed E-state index contributed by atoms with van der Waals surface area (Å²) >= 11 is 0. The molecule has 0 aliphatic carbocycles. The van der Waals surface area contributed by atoms with Gasteiger partial charge in [-0.3, -0.25) is 4.79 Å². The van der Waals surface area contributed by atoms with Crippen LogP contribution in [0.1, 0.15) is 10.4 Å². The van der Waals surface area contributed by atoms with Gasteiger partial charge in [-0.05, 0) is 42.5 Å². The summed E-state index contributed by atoms with van der Waals surface area (Å²) in [6.07, 6.45) is -5.26. The number of phenolic OH excluding ortho intramolecular Hbond substituents is 1. The smallest absolute Gasteiger partial charge is 0.491 e. The number of fused-ring (bicyclic) bond motifs is 1. The number of carbonyl (C=O) groups is 2. The molecule has 0 spiro atoms. The predicted molar refractivity (Wildman–Crippen MR) is 124 cm³/mol. The molecule has 3 aromatic carbocycles. The Hall–Kier alpha value is -4.87. The Morgan fingerprint density at radius 1 is 0.944 bits per heavy atom. The summed E-state index contributed by atoms with van der Waals surface area (Å²) in [7, 11) is 1.32. The molecule has 0 radical (unpaired) electrons. The molecular formula is C24H17F3N4O5. The Kier molecular flexibility index (Phi) is 6.59. The number of halogens is 3. The van der Waals surface area contributed by atoms with E-state index in [2.05, 4.69) is 25.3 Å².